The first-order valence-electron chi connectivity index (χ1n) is 6.46. The Morgan fingerprint density at radius 2 is 2.05 bits per heavy atom. The fourth-order valence-electron chi connectivity index (χ4n) is 2.42. The molecular formula is C13H14BrCl2NO3S. The number of rotatable bonds is 2. The van der Waals surface area contributed by atoms with E-state index in [4.69, 9.17) is 22.3 Å². The Balaban J connectivity index is 2.47. The maximum absolute atomic E-state index is 12.6. The van der Waals surface area contributed by atoms with Crippen LogP contribution in [-0.4, -0.2) is 31.8 Å². The topological polar surface area (TPSA) is 54.5 Å². The van der Waals surface area contributed by atoms with E-state index in [2.05, 4.69) is 15.9 Å². The van der Waals surface area contributed by atoms with Gasteiger partial charge in [0.1, 0.15) is 0 Å². The molecular weight excluding hydrogens is 401 g/mol. The predicted octanol–water partition coefficient (Wildman–Crippen LogP) is 4.04. The molecule has 8 heteroatoms. The van der Waals surface area contributed by atoms with Crippen molar-refractivity contribution in [2.24, 2.45) is 0 Å². The second-order valence-electron chi connectivity index (χ2n) is 5.05. The summed E-state index contributed by atoms with van der Waals surface area (Å²) in [6.45, 7) is 2.62. The van der Waals surface area contributed by atoms with Crippen LogP contribution in [0.2, 0.25) is 5.02 Å². The summed E-state index contributed by atoms with van der Waals surface area (Å²) in [6, 6.07) is 2.64. The van der Waals surface area contributed by atoms with Crippen molar-refractivity contribution in [2.45, 2.75) is 37.1 Å². The minimum absolute atomic E-state index is 0.109. The SMILES string of the molecule is CC1CCCCN1C(=O)c1cc(S(=O)(=O)Cl)cc(Br)c1Cl. The summed E-state index contributed by atoms with van der Waals surface area (Å²) in [4.78, 5) is 14.2. The summed E-state index contributed by atoms with van der Waals surface area (Å²) in [5.41, 5.74) is 0.152. The Bertz CT molecular complexity index is 678. The molecule has 1 aromatic rings. The number of hydrogen-bond acceptors (Lipinski definition) is 3. The number of amides is 1. The number of hydrogen-bond donors (Lipinski definition) is 0. The van der Waals surface area contributed by atoms with Gasteiger partial charge in [0.05, 0.1) is 15.5 Å². The summed E-state index contributed by atoms with van der Waals surface area (Å²) in [6.07, 6.45) is 2.94. The Morgan fingerprint density at radius 1 is 1.38 bits per heavy atom. The van der Waals surface area contributed by atoms with Gasteiger partial charge in [-0.3, -0.25) is 4.79 Å². The zero-order valence-corrected chi connectivity index (χ0v) is 15.2. The van der Waals surface area contributed by atoms with E-state index in [-0.39, 0.29) is 27.4 Å². The molecule has 1 heterocycles. The molecule has 0 aliphatic carbocycles. The van der Waals surface area contributed by atoms with E-state index in [9.17, 15) is 13.2 Å². The monoisotopic (exact) mass is 413 g/mol. The highest BCUT2D eigenvalue weighted by molar-refractivity contribution is 9.10. The standard InChI is InChI=1S/C13H14BrCl2NO3S/c1-8-4-2-3-5-17(8)13(18)10-6-9(21(16,19)20)7-11(14)12(10)15/h6-8H,2-5H2,1H3. The van der Waals surface area contributed by atoms with E-state index >= 15 is 0 Å². The van der Waals surface area contributed by atoms with Crippen molar-refractivity contribution < 1.29 is 13.2 Å². The number of benzene rings is 1. The van der Waals surface area contributed by atoms with Gasteiger partial charge in [0.25, 0.3) is 15.0 Å². The van der Waals surface area contributed by atoms with Gasteiger partial charge < -0.3 is 4.90 Å². The lowest BCUT2D eigenvalue weighted by molar-refractivity contribution is 0.0635. The average Bonchev–Trinajstić information content (AvgIpc) is 2.40. The molecule has 0 N–H and O–H groups in total. The molecule has 116 valence electrons. The minimum atomic E-state index is -3.93. The minimum Gasteiger partial charge on any atom is -0.336 e. The van der Waals surface area contributed by atoms with E-state index in [1.807, 2.05) is 6.92 Å². The third-order valence-corrected chi connectivity index (χ3v) is 6.17. The molecule has 2 rings (SSSR count). The molecule has 0 saturated carbocycles. The third kappa shape index (κ3) is 3.73. The second-order valence-corrected chi connectivity index (χ2v) is 8.85. The van der Waals surface area contributed by atoms with Gasteiger partial charge in [0, 0.05) is 27.7 Å². The third-order valence-electron chi connectivity index (χ3n) is 3.58. The highest BCUT2D eigenvalue weighted by atomic mass is 79.9. The summed E-state index contributed by atoms with van der Waals surface area (Å²) in [7, 11) is 1.43. The smallest absolute Gasteiger partial charge is 0.261 e. The molecule has 0 radical (unpaired) electrons. The number of likely N-dealkylation sites (tertiary alicyclic amines) is 1. The van der Waals surface area contributed by atoms with Crippen molar-refractivity contribution in [3.8, 4) is 0 Å². The summed E-state index contributed by atoms with van der Waals surface area (Å²) in [5.74, 6) is -0.268. The van der Waals surface area contributed by atoms with E-state index in [1.54, 1.807) is 4.90 Å². The van der Waals surface area contributed by atoms with Crippen LogP contribution in [0.1, 0.15) is 36.5 Å². The molecule has 1 aliphatic heterocycles. The van der Waals surface area contributed by atoms with Gasteiger partial charge in [0.2, 0.25) is 0 Å². The van der Waals surface area contributed by atoms with E-state index in [0.717, 1.165) is 19.3 Å². The molecule has 1 atom stereocenters. The van der Waals surface area contributed by atoms with Crippen LogP contribution < -0.4 is 0 Å². The van der Waals surface area contributed by atoms with E-state index in [1.165, 1.54) is 12.1 Å². The predicted molar refractivity (Wildman–Crippen MR) is 86.5 cm³/mol. The number of halogens is 3. The molecule has 1 aliphatic rings. The maximum atomic E-state index is 12.6. The lowest BCUT2D eigenvalue weighted by Gasteiger charge is -2.33. The second kappa shape index (κ2) is 6.44. The zero-order chi connectivity index (χ0) is 15.8. The van der Waals surface area contributed by atoms with Crippen molar-refractivity contribution in [1.29, 1.82) is 0 Å². The number of carbonyl (C=O) groups excluding carboxylic acids is 1. The van der Waals surface area contributed by atoms with Gasteiger partial charge in [-0.15, -0.1) is 0 Å². The number of nitrogens with zero attached hydrogens (tertiary/aromatic N) is 1. The highest BCUT2D eigenvalue weighted by Crippen LogP contribution is 2.33. The van der Waals surface area contributed by atoms with Crippen molar-refractivity contribution in [3.05, 3.63) is 27.2 Å². The van der Waals surface area contributed by atoms with Crippen LogP contribution in [0, 0.1) is 0 Å². The normalized spacial score (nSPS) is 19.6. The Morgan fingerprint density at radius 3 is 2.62 bits per heavy atom. The highest BCUT2D eigenvalue weighted by Gasteiger charge is 2.27. The Kier molecular flexibility index (Phi) is 5.23. The van der Waals surface area contributed by atoms with Crippen molar-refractivity contribution in [1.82, 2.24) is 4.90 Å². The molecule has 0 aromatic heterocycles. The molecule has 4 nitrogen and oxygen atoms in total. The zero-order valence-electron chi connectivity index (χ0n) is 11.3. The van der Waals surface area contributed by atoms with Gasteiger partial charge >= 0.3 is 0 Å². The molecule has 1 aromatic carbocycles. The molecule has 1 saturated heterocycles. The van der Waals surface area contributed by atoms with Gasteiger partial charge in [-0.2, -0.15) is 0 Å². The van der Waals surface area contributed by atoms with Crippen molar-refractivity contribution in [3.63, 3.8) is 0 Å². The van der Waals surface area contributed by atoms with Crippen LogP contribution in [0.5, 0.6) is 0 Å². The lowest BCUT2D eigenvalue weighted by Crippen LogP contribution is -2.42. The maximum Gasteiger partial charge on any atom is 0.261 e. The summed E-state index contributed by atoms with van der Waals surface area (Å²) in [5, 5.41) is 0.196. The van der Waals surface area contributed by atoms with Gasteiger partial charge in [-0.1, -0.05) is 11.6 Å². The summed E-state index contributed by atoms with van der Waals surface area (Å²) < 4.78 is 23.3. The van der Waals surface area contributed by atoms with Crippen LogP contribution in [-0.2, 0) is 9.05 Å². The van der Waals surface area contributed by atoms with Crippen LogP contribution in [0.3, 0.4) is 0 Å². The first kappa shape index (κ1) is 17.1. The Labute approximate surface area is 142 Å². The van der Waals surface area contributed by atoms with Crippen LogP contribution in [0.15, 0.2) is 21.5 Å². The largest absolute Gasteiger partial charge is 0.336 e. The molecule has 1 amide bonds. The molecule has 21 heavy (non-hydrogen) atoms. The van der Waals surface area contributed by atoms with Crippen LogP contribution >= 0.6 is 38.2 Å². The lowest BCUT2D eigenvalue weighted by atomic mass is 10.0. The summed E-state index contributed by atoms with van der Waals surface area (Å²) >= 11 is 9.32. The fourth-order valence-corrected chi connectivity index (χ4v) is 4.00. The van der Waals surface area contributed by atoms with E-state index < -0.39 is 9.05 Å². The van der Waals surface area contributed by atoms with Crippen LogP contribution in [0.4, 0.5) is 0 Å². The molecule has 1 unspecified atom stereocenters. The average molecular weight is 415 g/mol. The number of piperidine rings is 1. The van der Waals surface area contributed by atoms with Crippen molar-refractivity contribution >= 4 is 53.2 Å². The van der Waals surface area contributed by atoms with Gasteiger partial charge in [-0.25, -0.2) is 8.42 Å². The first-order chi connectivity index (χ1) is 9.71. The van der Waals surface area contributed by atoms with Crippen LogP contribution in [0.25, 0.3) is 0 Å². The fraction of sp³-hybridized carbons (Fsp3) is 0.462. The quantitative estimate of drug-likeness (QED) is 0.686. The van der Waals surface area contributed by atoms with E-state index in [0.29, 0.717) is 11.0 Å². The molecule has 1 fully saturated rings. The molecule has 0 spiro atoms. The number of carbonyl (C=O) groups is 1. The molecule has 0 bridgehead atoms. The van der Waals surface area contributed by atoms with Gasteiger partial charge in [-0.05, 0) is 54.2 Å². The Hall–Kier alpha value is -0.300. The van der Waals surface area contributed by atoms with Gasteiger partial charge in [0.15, 0.2) is 0 Å². The van der Waals surface area contributed by atoms with Crippen molar-refractivity contribution in [2.75, 3.05) is 6.54 Å². The first-order valence-corrected chi connectivity index (χ1v) is 9.94.